The maximum atomic E-state index is 11.8. The van der Waals surface area contributed by atoms with Crippen LogP contribution in [0.3, 0.4) is 0 Å². The van der Waals surface area contributed by atoms with Gasteiger partial charge in [-0.15, -0.1) is 0 Å². The predicted molar refractivity (Wildman–Crippen MR) is 74.8 cm³/mol. The van der Waals surface area contributed by atoms with Crippen LogP contribution in [0.4, 0.5) is 0 Å². The monoisotopic (exact) mass is 315 g/mol. The Morgan fingerprint density at radius 2 is 1.81 bits per heavy atom. The summed E-state index contributed by atoms with van der Waals surface area (Å²) in [5.41, 5.74) is 5.04. The van der Waals surface area contributed by atoms with Crippen LogP contribution in [0.1, 0.15) is 10.4 Å². The molecule has 0 saturated heterocycles. The first kappa shape index (κ1) is 17.1. The summed E-state index contributed by atoms with van der Waals surface area (Å²) in [4.78, 5) is 22.4. The molecule has 116 valence electrons. The number of aliphatic hydroxyl groups is 1. The van der Waals surface area contributed by atoms with Crippen LogP contribution in [0.25, 0.3) is 0 Å². The Morgan fingerprint density at radius 3 is 2.24 bits per heavy atom. The molecule has 1 unspecified atom stereocenters. The summed E-state index contributed by atoms with van der Waals surface area (Å²) in [5.74, 6) is -1.49. The number of carbonyl (C=O) groups excluding carboxylic acids is 2. The lowest BCUT2D eigenvalue weighted by Gasteiger charge is -2.12. The van der Waals surface area contributed by atoms with E-state index in [-0.39, 0.29) is 17.0 Å². The normalized spacial score (nSPS) is 13.0. The molecule has 1 atom stereocenters. The molecular weight excluding hydrogens is 298 g/mol. The summed E-state index contributed by atoms with van der Waals surface area (Å²) >= 11 is 0. The fraction of sp³-hybridized carbons (Fsp3) is 0.333. The van der Waals surface area contributed by atoms with Gasteiger partial charge in [0.25, 0.3) is 5.91 Å². The van der Waals surface area contributed by atoms with Gasteiger partial charge in [-0.2, -0.15) is 0 Å². The van der Waals surface area contributed by atoms with Crippen LogP contribution in [-0.2, 0) is 14.8 Å². The lowest BCUT2D eigenvalue weighted by atomic mass is 10.2. The second kappa shape index (κ2) is 6.66. The number of primary amides is 1. The Bertz CT molecular complexity index is 625. The van der Waals surface area contributed by atoms with Crippen molar-refractivity contribution < 1.29 is 23.1 Å². The Labute approximate surface area is 122 Å². The number of aliphatic hydroxyl groups excluding tert-OH is 1. The number of hydrogen-bond acceptors (Lipinski definition) is 5. The van der Waals surface area contributed by atoms with Crippen molar-refractivity contribution in [1.82, 2.24) is 9.62 Å². The maximum Gasteiger partial charge on any atom is 0.251 e. The second-order valence-corrected chi connectivity index (χ2v) is 6.59. The summed E-state index contributed by atoms with van der Waals surface area (Å²) in [5, 5.41) is 11.5. The lowest BCUT2D eigenvalue weighted by molar-refractivity contribution is -0.125. The van der Waals surface area contributed by atoms with Crippen molar-refractivity contribution in [2.45, 2.75) is 11.0 Å². The van der Waals surface area contributed by atoms with Gasteiger partial charge >= 0.3 is 0 Å². The minimum atomic E-state index is -3.56. The van der Waals surface area contributed by atoms with Gasteiger partial charge in [0.2, 0.25) is 15.9 Å². The smallest absolute Gasteiger partial charge is 0.251 e. The van der Waals surface area contributed by atoms with Crippen LogP contribution in [0, 0.1) is 0 Å². The molecule has 4 N–H and O–H groups in total. The highest BCUT2D eigenvalue weighted by Crippen LogP contribution is 2.13. The molecule has 0 fully saturated rings. The highest BCUT2D eigenvalue weighted by molar-refractivity contribution is 7.89. The van der Waals surface area contributed by atoms with Gasteiger partial charge in [-0.1, -0.05) is 0 Å². The van der Waals surface area contributed by atoms with Crippen molar-refractivity contribution in [3.8, 4) is 0 Å². The van der Waals surface area contributed by atoms with Crippen LogP contribution in [-0.4, -0.2) is 56.4 Å². The van der Waals surface area contributed by atoms with Gasteiger partial charge < -0.3 is 16.2 Å². The fourth-order valence-electron chi connectivity index (χ4n) is 1.38. The van der Waals surface area contributed by atoms with Crippen molar-refractivity contribution in [1.29, 1.82) is 0 Å². The van der Waals surface area contributed by atoms with Gasteiger partial charge in [0.1, 0.15) is 6.10 Å². The van der Waals surface area contributed by atoms with E-state index >= 15 is 0 Å². The van der Waals surface area contributed by atoms with E-state index in [1.165, 1.54) is 38.4 Å². The number of rotatable bonds is 6. The van der Waals surface area contributed by atoms with Crippen molar-refractivity contribution in [2.24, 2.45) is 5.73 Å². The Morgan fingerprint density at radius 1 is 1.29 bits per heavy atom. The van der Waals surface area contributed by atoms with Crippen molar-refractivity contribution in [3.63, 3.8) is 0 Å². The van der Waals surface area contributed by atoms with Crippen LogP contribution in [0.15, 0.2) is 29.2 Å². The zero-order chi connectivity index (χ0) is 16.2. The van der Waals surface area contributed by atoms with Gasteiger partial charge in [0, 0.05) is 19.7 Å². The molecule has 0 saturated carbocycles. The molecular formula is C12H17N3O5S. The van der Waals surface area contributed by atoms with Gasteiger partial charge in [-0.3, -0.25) is 9.59 Å². The molecule has 0 spiro atoms. The molecule has 9 heteroatoms. The molecule has 1 aromatic rings. The lowest BCUT2D eigenvalue weighted by Crippen LogP contribution is -2.39. The first-order valence-electron chi connectivity index (χ1n) is 5.94. The third kappa shape index (κ3) is 4.25. The Balaban J connectivity index is 2.79. The largest absolute Gasteiger partial charge is 0.381 e. The van der Waals surface area contributed by atoms with E-state index in [0.29, 0.717) is 0 Å². The zero-order valence-corrected chi connectivity index (χ0v) is 12.4. The van der Waals surface area contributed by atoms with Crippen molar-refractivity contribution >= 4 is 21.8 Å². The molecule has 0 bridgehead atoms. The second-order valence-electron chi connectivity index (χ2n) is 4.44. The SMILES string of the molecule is CN(C)S(=O)(=O)c1ccc(C(=O)NCC(O)C(N)=O)cc1. The number of nitrogens with zero attached hydrogens (tertiary/aromatic N) is 1. The average molecular weight is 315 g/mol. The molecule has 0 heterocycles. The van der Waals surface area contributed by atoms with Gasteiger partial charge in [0.05, 0.1) is 11.4 Å². The summed E-state index contributed by atoms with van der Waals surface area (Å²) in [7, 11) is -0.748. The number of benzene rings is 1. The molecule has 1 rings (SSSR count). The first-order chi connectivity index (χ1) is 9.66. The summed E-state index contributed by atoms with van der Waals surface area (Å²) in [6.45, 7) is -0.314. The summed E-state index contributed by atoms with van der Waals surface area (Å²) in [6.07, 6.45) is -1.47. The molecule has 0 aliphatic rings. The van der Waals surface area contributed by atoms with Crippen LogP contribution >= 0.6 is 0 Å². The zero-order valence-electron chi connectivity index (χ0n) is 11.6. The molecule has 0 aromatic heterocycles. The predicted octanol–water partition coefficient (Wildman–Crippen LogP) is -1.49. The van der Waals surface area contributed by atoms with Crippen molar-refractivity contribution in [2.75, 3.05) is 20.6 Å². The Hall–Kier alpha value is -1.97. The van der Waals surface area contributed by atoms with Crippen LogP contribution in [0.2, 0.25) is 0 Å². The van der Waals surface area contributed by atoms with E-state index in [9.17, 15) is 18.0 Å². The molecule has 0 aliphatic heterocycles. The number of hydrogen-bond donors (Lipinski definition) is 3. The molecule has 8 nitrogen and oxygen atoms in total. The van der Waals surface area contributed by atoms with Crippen LogP contribution < -0.4 is 11.1 Å². The third-order valence-electron chi connectivity index (χ3n) is 2.68. The van der Waals surface area contributed by atoms with Crippen molar-refractivity contribution in [3.05, 3.63) is 29.8 Å². The molecule has 0 aliphatic carbocycles. The maximum absolute atomic E-state index is 11.8. The number of nitrogens with two attached hydrogens (primary N) is 1. The quantitative estimate of drug-likeness (QED) is 0.589. The average Bonchev–Trinajstić information content (AvgIpc) is 2.44. The summed E-state index contributed by atoms with van der Waals surface area (Å²) in [6, 6.07) is 5.27. The van der Waals surface area contributed by atoms with Gasteiger partial charge in [0.15, 0.2) is 0 Å². The Kier molecular flexibility index (Phi) is 5.41. The third-order valence-corrected chi connectivity index (χ3v) is 4.51. The number of nitrogens with one attached hydrogen (secondary N) is 1. The molecule has 21 heavy (non-hydrogen) atoms. The fourth-order valence-corrected chi connectivity index (χ4v) is 2.28. The van der Waals surface area contributed by atoms with E-state index in [4.69, 9.17) is 10.8 Å². The van der Waals surface area contributed by atoms with Crippen LogP contribution in [0.5, 0.6) is 0 Å². The van der Waals surface area contributed by atoms with Gasteiger partial charge in [-0.25, -0.2) is 12.7 Å². The van der Waals surface area contributed by atoms with E-state index in [0.717, 1.165) is 4.31 Å². The minimum absolute atomic E-state index is 0.0567. The standard InChI is InChI=1S/C12H17N3O5S/c1-15(2)21(19,20)9-5-3-8(4-6-9)12(18)14-7-10(16)11(13)17/h3-6,10,16H,7H2,1-2H3,(H2,13,17)(H,14,18). The van der Waals surface area contributed by atoms with E-state index in [1.54, 1.807) is 0 Å². The van der Waals surface area contributed by atoms with Gasteiger partial charge in [-0.05, 0) is 24.3 Å². The molecule has 1 aromatic carbocycles. The number of amides is 2. The highest BCUT2D eigenvalue weighted by atomic mass is 32.2. The highest BCUT2D eigenvalue weighted by Gasteiger charge is 2.18. The van der Waals surface area contributed by atoms with E-state index in [1.807, 2.05) is 0 Å². The topological polar surface area (TPSA) is 130 Å². The number of sulfonamides is 1. The minimum Gasteiger partial charge on any atom is -0.381 e. The molecule has 0 radical (unpaired) electrons. The first-order valence-corrected chi connectivity index (χ1v) is 7.38. The summed E-state index contributed by atoms with van der Waals surface area (Å²) < 4.78 is 24.7. The van der Waals surface area contributed by atoms with E-state index < -0.39 is 27.9 Å². The van der Waals surface area contributed by atoms with E-state index in [2.05, 4.69) is 5.32 Å². The molecule has 2 amide bonds. The number of carbonyl (C=O) groups is 2.